The van der Waals surface area contributed by atoms with Crippen molar-refractivity contribution in [1.29, 1.82) is 0 Å². The van der Waals surface area contributed by atoms with E-state index >= 15 is 0 Å². The van der Waals surface area contributed by atoms with Crippen molar-refractivity contribution in [1.82, 2.24) is 14.8 Å². The number of nitrogens with one attached hydrogen (secondary N) is 1. The smallest absolute Gasteiger partial charge is 0.234 e. The molecule has 0 saturated carbocycles. The highest BCUT2D eigenvalue weighted by molar-refractivity contribution is 7.99. The monoisotopic (exact) mass is 478 g/mol. The number of carbonyl (C=O) groups excluding carboxylic acids is 1. The lowest BCUT2D eigenvalue weighted by molar-refractivity contribution is -0.113. The number of amides is 1. The Kier molecular flexibility index (Phi) is 7.01. The molecule has 0 fully saturated rings. The minimum atomic E-state index is -0.106. The number of aryl methyl sites for hydroxylation is 1. The molecule has 1 N–H and O–H groups in total. The van der Waals surface area contributed by atoms with Crippen LogP contribution >= 0.6 is 23.4 Å². The number of thioether (sulfide) groups is 1. The Morgan fingerprint density at radius 1 is 1.03 bits per heavy atom. The van der Waals surface area contributed by atoms with Crippen molar-refractivity contribution in [3.63, 3.8) is 0 Å². The minimum absolute atomic E-state index is 0.106. The maximum absolute atomic E-state index is 12.7. The fraction of sp³-hybridized carbons (Fsp3) is 0.160. The van der Waals surface area contributed by atoms with Gasteiger partial charge < -0.3 is 10.1 Å². The summed E-state index contributed by atoms with van der Waals surface area (Å²) in [6.45, 7) is 4.02. The predicted molar refractivity (Wildman–Crippen MR) is 134 cm³/mol. The molecule has 4 aromatic rings. The zero-order valence-electron chi connectivity index (χ0n) is 18.5. The molecule has 0 spiro atoms. The van der Waals surface area contributed by atoms with Gasteiger partial charge in [0, 0.05) is 22.0 Å². The molecule has 0 aliphatic rings. The van der Waals surface area contributed by atoms with E-state index in [-0.39, 0.29) is 11.7 Å². The summed E-state index contributed by atoms with van der Waals surface area (Å²) in [4.78, 5) is 12.7. The van der Waals surface area contributed by atoms with Crippen molar-refractivity contribution in [2.75, 3.05) is 18.2 Å². The van der Waals surface area contributed by atoms with Gasteiger partial charge in [0.05, 0.1) is 12.9 Å². The molecule has 0 bridgehead atoms. The van der Waals surface area contributed by atoms with E-state index in [1.54, 1.807) is 7.11 Å². The molecule has 3 aromatic carbocycles. The third-order valence-corrected chi connectivity index (χ3v) is 6.46. The Balaban J connectivity index is 1.61. The first-order valence-electron chi connectivity index (χ1n) is 10.3. The van der Waals surface area contributed by atoms with Crippen LogP contribution in [-0.2, 0) is 4.79 Å². The molecule has 0 aliphatic heterocycles. The van der Waals surface area contributed by atoms with E-state index in [9.17, 15) is 4.79 Å². The summed E-state index contributed by atoms with van der Waals surface area (Å²) < 4.78 is 7.21. The lowest BCUT2D eigenvalue weighted by Crippen LogP contribution is -2.15. The number of carbonyl (C=O) groups is 1. The molecule has 0 aliphatic carbocycles. The summed E-state index contributed by atoms with van der Waals surface area (Å²) in [5.74, 6) is 1.50. The summed E-state index contributed by atoms with van der Waals surface area (Å²) in [6.07, 6.45) is 0. The molecule has 33 heavy (non-hydrogen) atoms. The zero-order valence-corrected chi connectivity index (χ0v) is 20.1. The lowest BCUT2D eigenvalue weighted by atomic mass is 10.1. The van der Waals surface area contributed by atoms with Crippen molar-refractivity contribution in [3.05, 3.63) is 82.9 Å². The van der Waals surface area contributed by atoms with Gasteiger partial charge in [-0.3, -0.25) is 9.36 Å². The van der Waals surface area contributed by atoms with E-state index < -0.39 is 0 Å². The van der Waals surface area contributed by atoms with Gasteiger partial charge in [0.25, 0.3) is 0 Å². The molecule has 1 aromatic heterocycles. The van der Waals surface area contributed by atoms with Crippen LogP contribution in [0.25, 0.3) is 17.1 Å². The van der Waals surface area contributed by atoms with Gasteiger partial charge in [0.15, 0.2) is 11.0 Å². The number of ether oxygens (including phenoxy) is 1. The molecule has 168 valence electrons. The SMILES string of the molecule is COc1ccc(-n2c(SCC(=O)Nc3cccc(C)c3C)nnc2-c2ccc(Cl)cc2)cc1. The number of rotatable bonds is 7. The molecule has 1 heterocycles. The van der Waals surface area contributed by atoms with Crippen LogP contribution < -0.4 is 10.1 Å². The van der Waals surface area contributed by atoms with Crippen LogP contribution in [0, 0.1) is 13.8 Å². The molecule has 0 saturated heterocycles. The lowest BCUT2D eigenvalue weighted by Gasteiger charge is -2.12. The molecule has 0 atom stereocenters. The number of halogens is 1. The summed E-state index contributed by atoms with van der Waals surface area (Å²) in [7, 11) is 1.63. The largest absolute Gasteiger partial charge is 0.497 e. The molecular weight excluding hydrogens is 456 g/mol. The van der Waals surface area contributed by atoms with Gasteiger partial charge in [0.1, 0.15) is 5.75 Å². The van der Waals surface area contributed by atoms with Crippen molar-refractivity contribution >= 4 is 35.0 Å². The first kappa shape index (κ1) is 22.9. The predicted octanol–water partition coefficient (Wildman–Crippen LogP) is 5.94. The fourth-order valence-electron chi connectivity index (χ4n) is 3.32. The molecule has 4 rings (SSSR count). The highest BCUT2D eigenvalue weighted by Crippen LogP contribution is 2.30. The van der Waals surface area contributed by atoms with Crippen molar-refractivity contribution in [3.8, 4) is 22.8 Å². The highest BCUT2D eigenvalue weighted by atomic mass is 35.5. The van der Waals surface area contributed by atoms with Gasteiger partial charge in [-0.25, -0.2) is 0 Å². The summed E-state index contributed by atoms with van der Waals surface area (Å²) in [6, 6.07) is 20.9. The van der Waals surface area contributed by atoms with Gasteiger partial charge >= 0.3 is 0 Å². The average molecular weight is 479 g/mol. The fourth-order valence-corrected chi connectivity index (χ4v) is 4.19. The number of methoxy groups -OCH3 is 1. The highest BCUT2D eigenvalue weighted by Gasteiger charge is 2.18. The van der Waals surface area contributed by atoms with Crippen LogP contribution in [-0.4, -0.2) is 33.5 Å². The maximum Gasteiger partial charge on any atom is 0.234 e. The van der Waals surface area contributed by atoms with Crippen molar-refractivity contribution < 1.29 is 9.53 Å². The third-order valence-electron chi connectivity index (χ3n) is 5.28. The molecule has 1 amide bonds. The number of hydrogen-bond donors (Lipinski definition) is 1. The van der Waals surface area contributed by atoms with E-state index in [1.807, 2.05) is 85.1 Å². The first-order chi connectivity index (χ1) is 16.0. The number of hydrogen-bond acceptors (Lipinski definition) is 5. The van der Waals surface area contributed by atoms with E-state index in [0.29, 0.717) is 16.0 Å². The zero-order chi connectivity index (χ0) is 23.4. The minimum Gasteiger partial charge on any atom is -0.497 e. The topological polar surface area (TPSA) is 69.0 Å². The number of benzene rings is 3. The average Bonchev–Trinajstić information content (AvgIpc) is 3.25. The van der Waals surface area contributed by atoms with E-state index in [0.717, 1.165) is 33.8 Å². The Hall–Kier alpha value is -3.29. The van der Waals surface area contributed by atoms with Crippen molar-refractivity contribution in [2.24, 2.45) is 0 Å². The maximum atomic E-state index is 12.7. The molecule has 8 heteroatoms. The number of nitrogens with zero attached hydrogens (tertiary/aromatic N) is 3. The first-order valence-corrected chi connectivity index (χ1v) is 11.7. The normalized spacial score (nSPS) is 10.8. The van der Waals surface area contributed by atoms with Crippen LogP contribution in [0.4, 0.5) is 5.69 Å². The quantitative estimate of drug-likeness (QED) is 0.333. The second-order valence-electron chi connectivity index (χ2n) is 7.43. The van der Waals surface area contributed by atoms with E-state index in [1.165, 1.54) is 11.8 Å². The van der Waals surface area contributed by atoms with Crippen LogP contribution in [0.15, 0.2) is 71.9 Å². The Bertz CT molecular complexity index is 1270. The standard InChI is InChI=1S/C25H23ClN4O2S/c1-16-5-4-6-22(17(16)2)27-23(31)15-33-25-29-28-24(18-7-9-19(26)10-8-18)30(25)20-11-13-21(32-3)14-12-20/h4-14H,15H2,1-3H3,(H,27,31). The van der Waals surface area contributed by atoms with Crippen LogP contribution in [0.3, 0.4) is 0 Å². The van der Waals surface area contributed by atoms with Gasteiger partial charge in [-0.15, -0.1) is 10.2 Å². The molecule has 0 unspecified atom stereocenters. The number of anilines is 1. The van der Waals surface area contributed by atoms with Crippen LogP contribution in [0.5, 0.6) is 5.75 Å². The molecular formula is C25H23ClN4O2S. The summed E-state index contributed by atoms with van der Waals surface area (Å²) in [5, 5.41) is 13.0. The van der Waals surface area contributed by atoms with Gasteiger partial charge in [-0.2, -0.15) is 0 Å². The second kappa shape index (κ2) is 10.1. The van der Waals surface area contributed by atoms with E-state index in [2.05, 4.69) is 15.5 Å². The van der Waals surface area contributed by atoms with Crippen LogP contribution in [0.1, 0.15) is 11.1 Å². The molecule has 0 radical (unpaired) electrons. The van der Waals surface area contributed by atoms with Gasteiger partial charge in [-0.05, 0) is 79.6 Å². The Labute approximate surface area is 202 Å². The van der Waals surface area contributed by atoms with Crippen LogP contribution in [0.2, 0.25) is 5.02 Å². The van der Waals surface area contributed by atoms with E-state index in [4.69, 9.17) is 16.3 Å². The van der Waals surface area contributed by atoms with Crippen molar-refractivity contribution in [2.45, 2.75) is 19.0 Å². The Morgan fingerprint density at radius 3 is 2.45 bits per heavy atom. The van der Waals surface area contributed by atoms with Gasteiger partial charge in [0.2, 0.25) is 5.91 Å². The summed E-state index contributed by atoms with van der Waals surface area (Å²) >= 11 is 7.39. The summed E-state index contributed by atoms with van der Waals surface area (Å²) in [5.41, 5.74) is 4.74. The Morgan fingerprint density at radius 2 is 1.76 bits per heavy atom. The molecule has 6 nitrogen and oxygen atoms in total. The third kappa shape index (κ3) is 5.21. The second-order valence-corrected chi connectivity index (χ2v) is 8.81. The van der Waals surface area contributed by atoms with Gasteiger partial charge in [-0.1, -0.05) is 35.5 Å². The number of aromatic nitrogens is 3.